The van der Waals surface area contributed by atoms with Crippen LogP contribution in [-0.4, -0.2) is 23.5 Å². The molecule has 0 bridgehead atoms. The van der Waals surface area contributed by atoms with Crippen molar-refractivity contribution < 1.29 is 14.7 Å². The highest BCUT2D eigenvalue weighted by molar-refractivity contribution is 9.11. The fourth-order valence-electron chi connectivity index (χ4n) is 2.60. The van der Waals surface area contributed by atoms with Crippen molar-refractivity contribution in [3.05, 3.63) is 32.7 Å². The first-order valence-corrected chi connectivity index (χ1v) is 8.03. The van der Waals surface area contributed by atoms with Crippen LogP contribution in [0.3, 0.4) is 0 Å². The molecule has 108 valence electrons. The smallest absolute Gasteiger partial charge is 0.306 e. The van der Waals surface area contributed by atoms with Crippen molar-refractivity contribution >= 4 is 43.7 Å². The lowest BCUT2D eigenvalue weighted by atomic mass is 9.96. The molecule has 1 fully saturated rings. The van der Waals surface area contributed by atoms with Gasteiger partial charge in [-0.2, -0.15) is 0 Å². The van der Waals surface area contributed by atoms with E-state index in [4.69, 9.17) is 5.11 Å². The summed E-state index contributed by atoms with van der Waals surface area (Å²) in [4.78, 5) is 23.2. The molecule has 0 saturated heterocycles. The minimum Gasteiger partial charge on any atom is -0.481 e. The summed E-state index contributed by atoms with van der Waals surface area (Å²) in [5.41, 5.74) is 0.546. The Morgan fingerprint density at radius 3 is 2.75 bits per heavy atom. The molecule has 0 spiro atoms. The molecule has 0 radical (unpaired) electrons. The summed E-state index contributed by atoms with van der Waals surface area (Å²) in [6, 6.07) is 5.38. The van der Waals surface area contributed by atoms with Gasteiger partial charge in [0.15, 0.2) is 0 Å². The highest BCUT2D eigenvalue weighted by Crippen LogP contribution is 2.31. The summed E-state index contributed by atoms with van der Waals surface area (Å²) in [5.74, 6) is -1.25. The molecule has 1 aliphatic rings. The van der Waals surface area contributed by atoms with Crippen molar-refractivity contribution in [3.8, 4) is 0 Å². The van der Waals surface area contributed by atoms with E-state index in [1.807, 2.05) is 6.07 Å². The molecule has 20 heavy (non-hydrogen) atoms. The van der Waals surface area contributed by atoms with Gasteiger partial charge in [0.2, 0.25) is 0 Å². The zero-order valence-corrected chi connectivity index (χ0v) is 13.9. The maximum absolute atomic E-state index is 12.1. The molecule has 1 aliphatic carbocycles. The minimum atomic E-state index is -0.759. The van der Waals surface area contributed by atoms with E-state index in [1.165, 1.54) is 0 Å². The first-order chi connectivity index (χ1) is 9.49. The first-order valence-electron chi connectivity index (χ1n) is 6.45. The van der Waals surface area contributed by atoms with E-state index in [-0.39, 0.29) is 17.7 Å². The van der Waals surface area contributed by atoms with Gasteiger partial charge in [-0.1, -0.05) is 22.4 Å². The number of carbonyl (C=O) groups is 2. The van der Waals surface area contributed by atoms with Crippen LogP contribution in [-0.2, 0) is 4.79 Å². The zero-order valence-electron chi connectivity index (χ0n) is 10.7. The van der Waals surface area contributed by atoms with Gasteiger partial charge in [-0.3, -0.25) is 9.59 Å². The number of amides is 1. The lowest BCUT2D eigenvalue weighted by Gasteiger charge is -2.16. The minimum absolute atomic E-state index is 0.0300. The highest BCUT2D eigenvalue weighted by atomic mass is 79.9. The second-order valence-corrected chi connectivity index (χ2v) is 6.74. The molecular weight excluding hydrogens is 390 g/mol. The van der Waals surface area contributed by atoms with E-state index < -0.39 is 5.97 Å². The van der Waals surface area contributed by atoms with Crippen LogP contribution in [0.2, 0.25) is 0 Å². The summed E-state index contributed by atoms with van der Waals surface area (Å²) >= 11 is 6.68. The molecule has 4 nitrogen and oxygen atoms in total. The molecular formula is C14H15Br2NO3. The summed E-state index contributed by atoms with van der Waals surface area (Å²) in [6.45, 7) is 0.411. The molecule has 0 aliphatic heterocycles. The van der Waals surface area contributed by atoms with Crippen molar-refractivity contribution in [1.82, 2.24) is 5.32 Å². The van der Waals surface area contributed by atoms with Crippen LogP contribution in [0.15, 0.2) is 27.1 Å². The molecule has 0 heterocycles. The first kappa shape index (κ1) is 15.5. The third-order valence-electron chi connectivity index (χ3n) is 3.67. The second kappa shape index (κ2) is 6.72. The Kier molecular flexibility index (Phi) is 5.21. The molecule has 1 saturated carbocycles. The van der Waals surface area contributed by atoms with Gasteiger partial charge in [0.1, 0.15) is 0 Å². The summed E-state index contributed by atoms with van der Waals surface area (Å²) < 4.78 is 1.55. The standard InChI is InChI=1S/C14H15Br2NO3/c15-9-4-5-12(16)11(6-9)13(18)17-7-8-2-1-3-10(8)14(19)20/h4-6,8,10H,1-3,7H2,(H,17,18)(H,19,20). The predicted molar refractivity (Wildman–Crippen MR) is 82.6 cm³/mol. The van der Waals surface area contributed by atoms with Gasteiger partial charge >= 0.3 is 5.97 Å². The van der Waals surface area contributed by atoms with Gasteiger partial charge < -0.3 is 10.4 Å². The Morgan fingerprint density at radius 2 is 2.05 bits per heavy atom. The molecule has 1 aromatic rings. The van der Waals surface area contributed by atoms with Crippen molar-refractivity contribution in [2.24, 2.45) is 11.8 Å². The number of hydrogen-bond donors (Lipinski definition) is 2. The molecule has 1 amide bonds. The number of benzene rings is 1. The molecule has 2 atom stereocenters. The van der Waals surface area contributed by atoms with E-state index >= 15 is 0 Å². The third kappa shape index (κ3) is 3.61. The zero-order chi connectivity index (χ0) is 14.7. The van der Waals surface area contributed by atoms with Crippen molar-refractivity contribution in [3.63, 3.8) is 0 Å². The Balaban J connectivity index is 1.98. The number of carboxylic acids is 1. The lowest BCUT2D eigenvalue weighted by Crippen LogP contribution is -2.33. The number of carbonyl (C=O) groups excluding carboxylic acids is 1. The van der Waals surface area contributed by atoms with Crippen LogP contribution in [0, 0.1) is 11.8 Å². The van der Waals surface area contributed by atoms with Crippen LogP contribution in [0.1, 0.15) is 29.6 Å². The largest absolute Gasteiger partial charge is 0.481 e. The fourth-order valence-corrected chi connectivity index (χ4v) is 3.38. The van der Waals surface area contributed by atoms with Gasteiger partial charge in [0.05, 0.1) is 11.5 Å². The van der Waals surface area contributed by atoms with Gasteiger partial charge in [0, 0.05) is 15.5 Å². The van der Waals surface area contributed by atoms with Gasteiger partial charge in [-0.05, 0) is 52.9 Å². The summed E-state index contributed by atoms with van der Waals surface area (Å²) in [5, 5.41) is 12.0. The van der Waals surface area contributed by atoms with Crippen LogP contribution in [0.5, 0.6) is 0 Å². The summed E-state index contributed by atoms with van der Waals surface area (Å²) in [6.07, 6.45) is 2.48. The van der Waals surface area contributed by atoms with Crippen LogP contribution >= 0.6 is 31.9 Å². The molecule has 0 aromatic heterocycles. The monoisotopic (exact) mass is 403 g/mol. The topological polar surface area (TPSA) is 66.4 Å². The van der Waals surface area contributed by atoms with Crippen LogP contribution in [0.4, 0.5) is 0 Å². The van der Waals surface area contributed by atoms with Crippen LogP contribution < -0.4 is 5.32 Å². The second-order valence-electron chi connectivity index (χ2n) is 4.97. The molecule has 2 N–H and O–H groups in total. The van der Waals surface area contributed by atoms with E-state index in [9.17, 15) is 9.59 Å². The number of halogens is 2. The van der Waals surface area contributed by atoms with E-state index in [1.54, 1.807) is 12.1 Å². The summed E-state index contributed by atoms with van der Waals surface area (Å²) in [7, 11) is 0. The average Bonchev–Trinajstić information content (AvgIpc) is 2.87. The third-order valence-corrected chi connectivity index (χ3v) is 4.86. The Labute approximate surface area is 134 Å². The molecule has 2 rings (SSSR count). The van der Waals surface area contributed by atoms with E-state index in [2.05, 4.69) is 37.2 Å². The van der Waals surface area contributed by atoms with Gasteiger partial charge in [-0.15, -0.1) is 0 Å². The SMILES string of the molecule is O=C(NCC1CCCC1C(=O)O)c1cc(Br)ccc1Br. The predicted octanol–water partition coefficient (Wildman–Crippen LogP) is 3.44. The number of rotatable bonds is 4. The van der Waals surface area contributed by atoms with E-state index in [0.717, 1.165) is 21.8 Å². The van der Waals surface area contributed by atoms with Gasteiger partial charge in [-0.25, -0.2) is 0 Å². The number of carboxylic acid groups (broad SMARTS) is 1. The van der Waals surface area contributed by atoms with E-state index in [0.29, 0.717) is 18.5 Å². The molecule has 1 aromatic carbocycles. The number of aliphatic carboxylic acids is 1. The maximum atomic E-state index is 12.1. The van der Waals surface area contributed by atoms with Crippen molar-refractivity contribution in [2.75, 3.05) is 6.54 Å². The van der Waals surface area contributed by atoms with Crippen molar-refractivity contribution in [1.29, 1.82) is 0 Å². The van der Waals surface area contributed by atoms with Gasteiger partial charge in [0.25, 0.3) is 5.91 Å². The Hall–Kier alpha value is -0.880. The quantitative estimate of drug-likeness (QED) is 0.807. The highest BCUT2D eigenvalue weighted by Gasteiger charge is 2.32. The average molecular weight is 405 g/mol. The molecule has 6 heteroatoms. The van der Waals surface area contributed by atoms with Crippen molar-refractivity contribution in [2.45, 2.75) is 19.3 Å². The number of hydrogen-bond acceptors (Lipinski definition) is 2. The Bertz CT molecular complexity index is 533. The molecule has 2 unspecified atom stereocenters. The fraction of sp³-hybridized carbons (Fsp3) is 0.429. The Morgan fingerprint density at radius 1 is 1.30 bits per heavy atom. The normalized spacial score (nSPS) is 21.7. The van der Waals surface area contributed by atoms with Crippen LogP contribution in [0.25, 0.3) is 0 Å². The maximum Gasteiger partial charge on any atom is 0.306 e. The number of nitrogens with one attached hydrogen (secondary N) is 1. The lowest BCUT2D eigenvalue weighted by molar-refractivity contribution is -0.142.